The van der Waals surface area contributed by atoms with Gasteiger partial charge in [-0.05, 0) is 38.6 Å². The molecule has 1 aliphatic rings. The second-order valence-electron chi connectivity index (χ2n) is 4.64. The maximum absolute atomic E-state index is 5.61. The summed E-state index contributed by atoms with van der Waals surface area (Å²) in [6.45, 7) is 3.88. The van der Waals surface area contributed by atoms with Crippen molar-refractivity contribution in [3.8, 4) is 0 Å². The Kier molecular flexibility index (Phi) is 4.31. The van der Waals surface area contributed by atoms with Gasteiger partial charge in [0, 0.05) is 24.3 Å². The van der Waals surface area contributed by atoms with Crippen LogP contribution < -0.4 is 10.6 Å². The third kappa shape index (κ3) is 2.94. The maximum Gasteiger partial charge on any atom is 0.132 e. The molecule has 94 valence electrons. The lowest BCUT2D eigenvalue weighted by Crippen LogP contribution is -2.42. The van der Waals surface area contributed by atoms with Crippen LogP contribution in [0.5, 0.6) is 0 Å². The molecule has 1 aromatic heterocycles. The van der Waals surface area contributed by atoms with Crippen molar-refractivity contribution in [3.05, 3.63) is 18.1 Å². The molecular weight excluding hydrogens is 212 g/mol. The number of hydrogen-bond donors (Lipinski definition) is 1. The van der Waals surface area contributed by atoms with Crippen LogP contribution in [0.25, 0.3) is 0 Å². The molecule has 0 saturated heterocycles. The highest BCUT2D eigenvalue weighted by atomic mass is 15.2. The van der Waals surface area contributed by atoms with Gasteiger partial charge in [0.25, 0.3) is 0 Å². The molecule has 0 bridgehead atoms. The molecule has 2 N–H and O–H groups in total. The van der Waals surface area contributed by atoms with Crippen LogP contribution in [0.1, 0.15) is 38.3 Å². The van der Waals surface area contributed by atoms with Crippen LogP contribution in [0.4, 0.5) is 5.82 Å². The first-order valence-corrected chi connectivity index (χ1v) is 6.62. The van der Waals surface area contributed by atoms with Crippen molar-refractivity contribution in [3.63, 3.8) is 0 Å². The van der Waals surface area contributed by atoms with Gasteiger partial charge in [-0.3, -0.25) is 0 Å². The molecule has 4 nitrogen and oxygen atoms in total. The molecule has 1 aromatic rings. The first-order valence-electron chi connectivity index (χ1n) is 6.62. The first kappa shape index (κ1) is 12.3. The minimum absolute atomic E-state index is 0.668. The van der Waals surface area contributed by atoms with E-state index >= 15 is 0 Å². The zero-order valence-corrected chi connectivity index (χ0v) is 10.6. The zero-order chi connectivity index (χ0) is 12.1. The number of anilines is 1. The molecule has 1 saturated carbocycles. The lowest BCUT2D eigenvalue weighted by atomic mass is 9.91. The molecule has 0 aromatic carbocycles. The Morgan fingerprint density at radius 2 is 2.24 bits per heavy atom. The Bertz CT molecular complexity index is 349. The number of aryl methyl sites for hydroxylation is 1. The van der Waals surface area contributed by atoms with Crippen molar-refractivity contribution in [1.82, 2.24) is 9.97 Å². The standard InChI is InChI=1S/C13H22N4/c1-2-11-9-13(16-10-15-11)17(8-4-7-14)12-5-3-6-12/h9-10,12H,2-8,14H2,1H3. The summed E-state index contributed by atoms with van der Waals surface area (Å²) in [6.07, 6.45) is 7.59. The molecular formula is C13H22N4. The summed E-state index contributed by atoms with van der Waals surface area (Å²) in [5.41, 5.74) is 6.73. The van der Waals surface area contributed by atoms with Gasteiger partial charge in [0.1, 0.15) is 12.1 Å². The summed E-state index contributed by atoms with van der Waals surface area (Å²) in [7, 11) is 0. The quantitative estimate of drug-likeness (QED) is 0.814. The highest BCUT2D eigenvalue weighted by Crippen LogP contribution is 2.28. The molecule has 17 heavy (non-hydrogen) atoms. The Balaban J connectivity index is 2.11. The smallest absolute Gasteiger partial charge is 0.132 e. The maximum atomic E-state index is 5.61. The molecule has 0 aliphatic heterocycles. The second-order valence-corrected chi connectivity index (χ2v) is 4.64. The SMILES string of the molecule is CCc1cc(N(CCCN)C2CCC2)ncn1. The number of nitrogens with two attached hydrogens (primary N) is 1. The van der Waals surface area contributed by atoms with Gasteiger partial charge >= 0.3 is 0 Å². The molecule has 1 heterocycles. The van der Waals surface area contributed by atoms with Crippen LogP contribution in [0.15, 0.2) is 12.4 Å². The van der Waals surface area contributed by atoms with E-state index in [1.807, 2.05) is 0 Å². The van der Waals surface area contributed by atoms with E-state index in [2.05, 4.69) is 27.9 Å². The molecule has 1 fully saturated rings. The minimum atomic E-state index is 0.668. The number of nitrogens with zero attached hydrogens (tertiary/aromatic N) is 3. The number of rotatable bonds is 6. The monoisotopic (exact) mass is 234 g/mol. The van der Waals surface area contributed by atoms with Crippen molar-refractivity contribution in [2.24, 2.45) is 5.73 Å². The van der Waals surface area contributed by atoms with E-state index in [0.29, 0.717) is 6.04 Å². The fourth-order valence-corrected chi connectivity index (χ4v) is 2.18. The number of hydrogen-bond acceptors (Lipinski definition) is 4. The lowest BCUT2D eigenvalue weighted by Gasteiger charge is -2.38. The van der Waals surface area contributed by atoms with E-state index < -0.39 is 0 Å². The van der Waals surface area contributed by atoms with Crippen LogP contribution in [0, 0.1) is 0 Å². The van der Waals surface area contributed by atoms with E-state index in [4.69, 9.17) is 5.73 Å². The van der Waals surface area contributed by atoms with Crippen LogP contribution in [-0.4, -0.2) is 29.1 Å². The van der Waals surface area contributed by atoms with E-state index in [1.165, 1.54) is 19.3 Å². The summed E-state index contributed by atoms with van der Waals surface area (Å²) < 4.78 is 0. The van der Waals surface area contributed by atoms with Gasteiger partial charge < -0.3 is 10.6 Å². The zero-order valence-electron chi connectivity index (χ0n) is 10.6. The Morgan fingerprint density at radius 3 is 2.82 bits per heavy atom. The summed E-state index contributed by atoms with van der Waals surface area (Å²) in [5.74, 6) is 1.08. The third-order valence-corrected chi connectivity index (χ3v) is 3.48. The van der Waals surface area contributed by atoms with Crippen LogP contribution in [-0.2, 0) is 6.42 Å². The summed E-state index contributed by atoms with van der Waals surface area (Å²) in [5, 5.41) is 0. The fraction of sp³-hybridized carbons (Fsp3) is 0.692. The van der Waals surface area contributed by atoms with Gasteiger partial charge in [0.15, 0.2) is 0 Å². The van der Waals surface area contributed by atoms with Crippen LogP contribution in [0.3, 0.4) is 0 Å². The Morgan fingerprint density at radius 1 is 1.41 bits per heavy atom. The third-order valence-electron chi connectivity index (χ3n) is 3.48. The Labute approximate surface area is 103 Å². The van der Waals surface area contributed by atoms with Crippen molar-refractivity contribution in [2.45, 2.75) is 45.1 Å². The molecule has 0 atom stereocenters. The molecule has 2 rings (SSSR count). The van der Waals surface area contributed by atoms with Crippen molar-refractivity contribution < 1.29 is 0 Å². The van der Waals surface area contributed by atoms with Crippen molar-refractivity contribution in [1.29, 1.82) is 0 Å². The molecule has 0 amide bonds. The second kappa shape index (κ2) is 5.96. The topological polar surface area (TPSA) is 55.0 Å². The average molecular weight is 234 g/mol. The largest absolute Gasteiger partial charge is 0.353 e. The predicted octanol–water partition coefficient (Wildman–Crippen LogP) is 1.75. The highest BCUT2D eigenvalue weighted by molar-refractivity contribution is 5.40. The molecule has 0 spiro atoms. The predicted molar refractivity (Wildman–Crippen MR) is 70.1 cm³/mol. The van der Waals surface area contributed by atoms with Crippen LogP contribution >= 0.6 is 0 Å². The van der Waals surface area contributed by atoms with Crippen molar-refractivity contribution in [2.75, 3.05) is 18.0 Å². The normalized spacial score (nSPS) is 15.6. The van der Waals surface area contributed by atoms with Crippen LogP contribution in [0.2, 0.25) is 0 Å². The van der Waals surface area contributed by atoms with Gasteiger partial charge in [-0.15, -0.1) is 0 Å². The Hall–Kier alpha value is -1.16. The molecule has 0 unspecified atom stereocenters. The minimum Gasteiger partial charge on any atom is -0.353 e. The molecule has 0 radical (unpaired) electrons. The van der Waals surface area contributed by atoms with E-state index in [-0.39, 0.29) is 0 Å². The lowest BCUT2D eigenvalue weighted by molar-refractivity contribution is 0.382. The van der Waals surface area contributed by atoms with Gasteiger partial charge in [-0.2, -0.15) is 0 Å². The first-order chi connectivity index (χ1) is 8.35. The summed E-state index contributed by atoms with van der Waals surface area (Å²) >= 11 is 0. The van der Waals surface area contributed by atoms with Crippen molar-refractivity contribution >= 4 is 5.82 Å². The summed E-state index contributed by atoms with van der Waals surface area (Å²) in [6, 6.07) is 2.79. The van der Waals surface area contributed by atoms with E-state index in [0.717, 1.165) is 37.4 Å². The highest BCUT2D eigenvalue weighted by Gasteiger charge is 2.25. The average Bonchev–Trinajstić information content (AvgIpc) is 2.32. The van der Waals surface area contributed by atoms with Gasteiger partial charge in [-0.25, -0.2) is 9.97 Å². The number of aromatic nitrogens is 2. The molecule has 4 heteroatoms. The molecule has 1 aliphatic carbocycles. The van der Waals surface area contributed by atoms with Gasteiger partial charge in [0.2, 0.25) is 0 Å². The van der Waals surface area contributed by atoms with E-state index in [9.17, 15) is 0 Å². The van der Waals surface area contributed by atoms with E-state index in [1.54, 1.807) is 6.33 Å². The summed E-state index contributed by atoms with van der Waals surface area (Å²) in [4.78, 5) is 11.1. The van der Waals surface area contributed by atoms with Gasteiger partial charge in [0.05, 0.1) is 0 Å². The fourth-order valence-electron chi connectivity index (χ4n) is 2.18. The van der Waals surface area contributed by atoms with Gasteiger partial charge in [-0.1, -0.05) is 6.92 Å².